The van der Waals surface area contributed by atoms with Crippen molar-refractivity contribution in [2.45, 2.75) is 30.8 Å². The van der Waals surface area contributed by atoms with Crippen molar-refractivity contribution in [1.82, 2.24) is 9.29 Å². The quantitative estimate of drug-likeness (QED) is 0.835. The second-order valence-electron chi connectivity index (χ2n) is 5.52. The number of ether oxygens (including phenoxy) is 1. The van der Waals surface area contributed by atoms with E-state index in [1.807, 2.05) is 24.1 Å². The minimum atomic E-state index is -3.03. The van der Waals surface area contributed by atoms with Gasteiger partial charge in [-0.3, -0.25) is 0 Å². The number of aromatic nitrogens is 1. The predicted octanol–water partition coefficient (Wildman–Crippen LogP) is 1.49. The fourth-order valence-electron chi connectivity index (χ4n) is 2.64. The van der Waals surface area contributed by atoms with Crippen LogP contribution in [0.25, 0.3) is 0 Å². The summed E-state index contributed by atoms with van der Waals surface area (Å²) in [5.41, 5.74) is 0.991. The van der Waals surface area contributed by atoms with Crippen LogP contribution in [0.15, 0.2) is 5.38 Å². The fraction of sp³-hybridized carbons (Fsp3) is 0.750. The first kappa shape index (κ1) is 14.8. The van der Waals surface area contributed by atoms with Gasteiger partial charge < -0.3 is 4.74 Å². The molecule has 1 atom stereocenters. The highest BCUT2D eigenvalue weighted by molar-refractivity contribution is 8.01. The van der Waals surface area contributed by atoms with Gasteiger partial charge in [0.2, 0.25) is 10.0 Å². The molecule has 0 amide bonds. The molecule has 0 saturated carbocycles. The highest BCUT2D eigenvalue weighted by Gasteiger charge is 2.52. The predicted molar refractivity (Wildman–Crippen MR) is 81.7 cm³/mol. The Balaban J connectivity index is 1.49. The molecule has 112 valence electrons. The summed E-state index contributed by atoms with van der Waals surface area (Å²) in [5, 5.41) is 3.09. The zero-order chi connectivity index (χ0) is 14.4. The highest BCUT2D eigenvalue weighted by atomic mass is 32.2. The average Bonchev–Trinajstić information content (AvgIpc) is 2.89. The molecule has 1 aromatic rings. The molecule has 2 aliphatic heterocycles. The van der Waals surface area contributed by atoms with Gasteiger partial charge in [0.15, 0.2) is 0 Å². The number of aryl methyl sites for hydroxylation is 1. The SMILES string of the molecule is Cc1nc(CO[C@@H]2CSC3(C2)CN(S(C)(=O)=O)C3)cs1. The summed E-state index contributed by atoms with van der Waals surface area (Å²) in [4.78, 5) is 4.39. The summed E-state index contributed by atoms with van der Waals surface area (Å²) in [6.45, 7) is 3.81. The van der Waals surface area contributed by atoms with Gasteiger partial charge in [0.05, 0.1) is 29.7 Å². The van der Waals surface area contributed by atoms with Crippen LogP contribution < -0.4 is 0 Å². The van der Waals surface area contributed by atoms with E-state index in [1.165, 1.54) is 6.26 Å². The number of hydrogen-bond acceptors (Lipinski definition) is 6. The molecule has 2 fully saturated rings. The van der Waals surface area contributed by atoms with Gasteiger partial charge >= 0.3 is 0 Å². The molecule has 1 aromatic heterocycles. The van der Waals surface area contributed by atoms with Gasteiger partial charge in [-0.25, -0.2) is 13.4 Å². The molecule has 0 aliphatic carbocycles. The van der Waals surface area contributed by atoms with E-state index in [1.54, 1.807) is 15.6 Å². The Morgan fingerprint density at radius 2 is 2.30 bits per heavy atom. The normalized spacial score (nSPS) is 26.0. The van der Waals surface area contributed by atoms with Gasteiger partial charge in [0.1, 0.15) is 0 Å². The summed E-state index contributed by atoms with van der Waals surface area (Å²) in [5.74, 6) is 0.945. The van der Waals surface area contributed by atoms with Crippen LogP contribution in [0.4, 0.5) is 0 Å². The molecule has 2 saturated heterocycles. The maximum Gasteiger partial charge on any atom is 0.211 e. The topological polar surface area (TPSA) is 59.5 Å². The molecular weight excluding hydrogens is 316 g/mol. The maximum absolute atomic E-state index is 11.4. The number of sulfonamides is 1. The minimum absolute atomic E-state index is 0.0890. The zero-order valence-corrected chi connectivity index (χ0v) is 14.0. The Morgan fingerprint density at radius 1 is 1.55 bits per heavy atom. The first-order valence-corrected chi connectivity index (χ1v) is 10.2. The highest BCUT2D eigenvalue weighted by Crippen LogP contribution is 2.46. The average molecular weight is 334 g/mol. The lowest BCUT2D eigenvalue weighted by Gasteiger charge is -2.45. The monoisotopic (exact) mass is 334 g/mol. The van der Waals surface area contributed by atoms with E-state index in [4.69, 9.17) is 4.74 Å². The van der Waals surface area contributed by atoms with Crippen molar-refractivity contribution in [3.63, 3.8) is 0 Å². The standard InChI is InChI=1S/C12H18N2O3S3/c1-9-13-10(5-18-9)4-17-11-3-12(19-6-11)7-14(8-12)20(2,15)16/h5,11H,3-4,6-8H2,1-2H3/t11-/m0/s1. The summed E-state index contributed by atoms with van der Waals surface area (Å²) in [6, 6.07) is 0. The maximum atomic E-state index is 11.4. The Labute approximate surface area is 127 Å². The van der Waals surface area contributed by atoms with Crippen molar-refractivity contribution in [2.75, 3.05) is 25.1 Å². The Morgan fingerprint density at radius 3 is 2.90 bits per heavy atom. The van der Waals surface area contributed by atoms with Crippen molar-refractivity contribution < 1.29 is 13.2 Å². The van der Waals surface area contributed by atoms with Gasteiger partial charge in [0.25, 0.3) is 0 Å². The number of rotatable bonds is 4. The summed E-state index contributed by atoms with van der Waals surface area (Å²) < 4.78 is 30.4. The molecule has 0 aromatic carbocycles. The third-order valence-corrected chi connectivity index (χ3v) is 7.30. The second-order valence-corrected chi connectivity index (χ2v) is 10.1. The van der Waals surface area contributed by atoms with E-state index in [2.05, 4.69) is 4.98 Å². The first-order valence-electron chi connectivity index (χ1n) is 6.48. The number of nitrogens with zero attached hydrogens (tertiary/aromatic N) is 2. The molecule has 20 heavy (non-hydrogen) atoms. The van der Waals surface area contributed by atoms with Crippen LogP contribution in [0.2, 0.25) is 0 Å². The van der Waals surface area contributed by atoms with E-state index in [0.717, 1.165) is 22.9 Å². The molecule has 0 N–H and O–H groups in total. The fourth-order valence-corrected chi connectivity index (χ4v) is 5.91. The van der Waals surface area contributed by atoms with Crippen LogP contribution in [-0.2, 0) is 21.4 Å². The van der Waals surface area contributed by atoms with Crippen molar-refractivity contribution in [3.8, 4) is 0 Å². The van der Waals surface area contributed by atoms with Crippen molar-refractivity contribution in [1.29, 1.82) is 0 Å². The summed E-state index contributed by atoms with van der Waals surface area (Å²) in [6.07, 6.45) is 2.42. The van der Waals surface area contributed by atoms with Crippen LogP contribution in [-0.4, -0.2) is 53.7 Å². The van der Waals surface area contributed by atoms with Crippen LogP contribution in [0.3, 0.4) is 0 Å². The van der Waals surface area contributed by atoms with Gasteiger partial charge in [-0.05, 0) is 13.3 Å². The van der Waals surface area contributed by atoms with Crippen LogP contribution in [0, 0.1) is 6.92 Å². The van der Waals surface area contributed by atoms with Gasteiger partial charge in [0, 0.05) is 29.0 Å². The molecule has 0 radical (unpaired) electrons. The molecular formula is C12H18N2O3S3. The van der Waals surface area contributed by atoms with E-state index in [9.17, 15) is 8.42 Å². The van der Waals surface area contributed by atoms with E-state index < -0.39 is 10.0 Å². The van der Waals surface area contributed by atoms with E-state index in [-0.39, 0.29) is 10.9 Å². The molecule has 3 rings (SSSR count). The number of thiazole rings is 1. The molecule has 8 heteroatoms. The Hall–Kier alpha value is -0.150. The number of hydrogen-bond donors (Lipinski definition) is 0. The molecule has 0 bridgehead atoms. The molecule has 1 spiro atoms. The Bertz CT molecular complexity index is 593. The van der Waals surface area contributed by atoms with Gasteiger partial charge in [-0.15, -0.1) is 23.1 Å². The molecule has 0 unspecified atom stereocenters. The molecule has 2 aliphatic rings. The largest absolute Gasteiger partial charge is 0.371 e. The Kier molecular flexibility index (Phi) is 3.87. The smallest absolute Gasteiger partial charge is 0.211 e. The van der Waals surface area contributed by atoms with Gasteiger partial charge in [-0.1, -0.05) is 0 Å². The summed E-state index contributed by atoms with van der Waals surface area (Å²) in [7, 11) is -3.03. The first-order chi connectivity index (χ1) is 9.36. The summed E-state index contributed by atoms with van der Waals surface area (Å²) >= 11 is 3.49. The van der Waals surface area contributed by atoms with Crippen molar-refractivity contribution in [3.05, 3.63) is 16.1 Å². The molecule has 3 heterocycles. The van der Waals surface area contributed by atoms with Crippen LogP contribution in [0.1, 0.15) is 17.1 Å². The zero-order valence-electron chi connectivity index (χ0n) is 11.5. The minimum Gasteiger partial charge on any atom is -0.371 e. The van der Waals surface area contributed by atoms with Crippen LogP contribution >= 0.6 is 23.1 Å². The third kappa shape index (κ3) is 3.04. The van der Waals surface area contributed by atoms with Crippen molar-refractivity contribution in [2.24, 2.45) is 0 Å². The van der Waals surface area contributed by atoms with Crippen molar-refractivity contribution >= 4 is 33.1 Å². The lowest BCUT2D eigenvalue weighted by molar-refractivity contribution is 0.0383. The lowest BCUT2D eigenvalue weighted by Crippen LogP contribution is -2.60. The van der Waals surface area contributed by atoms with E-state index >= 15 is 0 Å². The van der Waals surface area contributed by atoms with Crippen LogP contribution in [0.5, 0.6) is 0 Å². The molecule has 5 nitrogen and oxygen atoms in total. The third-order valence-electron chi connectivity index (χ3n) is 3.71. The van der Waals surface area contributed by atoms with E-state index in [0.29, 0.717) is 19.7 Å². The second kappa shape index (κ2) is 5.24. The van der Waals surface area contributed by atoms with Gasteiger partial charge in [-0.2, -0.15) is 4.31 Å². The number of thioether (sulfide) groups is 1. The lowest BCUT2D eigenvalue weighted by atomic mass is 9.95.